The van der Waals surface area contributed by atoms with Gasteiger partial charge in [0.2, 0.25) is 5.91 Å². The normalized spacial score (nSPS) is 18.3. The molecular formula is C15H21N3O4. The van der Waals surface area contributed by atoms with Crippen molar-refractivity contribution in [3.63, 3.8) is 0 Å². The van der Waals surface area contributed by atoms with Crippen molar-refractivity contribution < 1.29 is 14.8 Å². The number of nitrogens with one attached hydrogen (secondary N) is 1. The lowest BCUT2D eigenvalue weighted by Gasteiger charge is -2.33. The quantitative estimate of drug-likeness (QED) is 0.638. The van der Waals surface area contributed by atoms with Gasteiger partial charge in [-0.3, -0.25) is 14.9 Å². The number of benzene rings is 1. The fraction of sp³-hybridized carbons (Fsp3) is 0.533. The first-order valence-electron chi connectivity index (χ1n) is 7.30. The zero-order chi connectivity index (χ0) is 16.3. The number of amides is 1. The van der Waals surface area contributed by atoms with Gasteiger partial charge in [-0.15, -0.1) is 0 Å². The summed E-state index contributed by atoms with van der Waals surface area (Å²) in [6.45, 7) is 3.96. The predicted octanol–water partition coefficient (Wildman–Crippen LogP) is 1.77. The van der Waals surface area contributed by atoms with Crippen molar-refractivity contribution in [1.29, 1.82) is 0 Å². The molecule has 0 bridgehead atoms. The fourth-order valence-electron chi connectivity index (χ4n) is 2.85. The highest BCUT2D eigenvalue weighted by atomic mass is 16.6. The van der Waals surface area contributed by atoms with Crippen molar-refractivity contribution >= 4 is 17.3 Å². The smallest absolute Gasteiger partial charge is 0.292 e. The Balaban J connectivity index is 2.03. The largest absolute Gasteiger partial charge is 0.388 e. The molecule has 1 aliphatic rings. The SMILES string of the molecule is CC(C)(O)C1CCCN1C(=O)CNc1ccccc1[N+](=O)[O-]. The van der Waals surface area contributed by atoms with Crippen molar-refractivity contribution in [3.05, 3.63) is 34.4 Å². The molecule has 120 valence electrons. The van der Waals surface area contributed by atoms with Crippen LogP contribution in [-0.4, -0.2) is 45.6 Å². The van der Waals surface area contributed by atoms with Crippen LogP contribution in [0.25, 0.3) is 0 Å². The third-order valence-corrected chi connectivity index (χ3v) is 3.92. The Kier molecular flexibility index (Phi) is 4.65. The first-order chi connectivity index (χ1) is 10.3. The summed E-state index contributed by atoms with van der Waals surface area (Å²) < 4.78 is 0. The van der Waals surface area contributed by atoms with Gasteiger partial charge in [0.05, 0.1) is 23.1 Å². The third kappa shape index (κ3) is 3.54. The predicted molar refractivity (Wildman–Crippen MR) is 82.6 cm³/mol. The number of nitro benzene ring substituents is 1. The monoisotopic (exact) mass is 307 g/mol. The molecule has 1 heterocycles. The van der Waals surface area contributed by atoms with Crippen LogP contribution in [0.1, 0.15) is 26.7 Å². The summed E-state index contributed by atoms with van der Waals surface area (Å²) in [7, 11) is 0. The molecule has 1 fully saturated rings. The highest BCUT2D eigenvalue weighted by Gasteiger charge is 2.38. The maximum Gasteiger partial charge on any atom is 0.292 e. The molecule has 1 amide bonds. The summed E-state index contributed by atoms with van der Waals surface area (Å²) >= 11 is 0. The van der Waals surface area contributed by atoms with E-state index in [-0.39, 0.29) is 24.2 Å². The molecular weight excluding hydrogens is 286 g/mol. The van der Waals surface area contributed by atoms with E-state index in [0.29, 0.717) is 12.2 Å². The molecule has 0 aromatic heterocycles. The summed E-state index contributed by atoms with van der Waals surface area (Å²) in [6, 6.07) is 6.00. The number of para-hydroxylation sites is 2. The van der Waals surface area contributed by atoms with E-state index in [2.05, 4.69) is 5.32 Å². The molecule has 1 aromatic carbocycles. The Morgan fingerprint density at radius 3 is 2.82 bits per heavy atom. The van der Waals surface area contributed by atoms with Crippen LogP contribution in [0.4, 0.5) is 11.4 Å². The number of anilines is 1. The van der Waals surface area contributed by atoms with Crippen LogP contribution >= 0.6 is 0 Å². The number of nitro groups is 1. The summed E-state index contributed by atoms with van der Waals surface area (Å²) in [6.07, 6.45) is 1.62. The molecule has 1 aromatic rings. The van der Waals surface area contributed by atoms with Gasteiger partial charge in [0, 0.05) is 12.6 Å². The number of hydrogen-bond donors (Lipinski definition) is 2. The molecule has 1 aliphatic heterocycles. The number of carbonyl (C=O) groups excluding carboxylic acids is 1. The molecule has 2 N–H and O–H groups in total. The van der Waals surface area contributed by atoms with Crippen molar-refractivity contribution in [3.8, 4) is 0 Å². The second-order valence-electron chi connectivity index (χ2n) is 6.03. The highest BCUT2D eigenvalue weighted by Crippen LogP contribution is 2.27. The minimum absolute atomic E-state index is 0.0303. The van der Waals surface area contributed by atoms with Gasteiger partial charge in [0.25, 0.3) is 5.69 Å². The lowest BCUT2D eigenvalue weighted by molar-refractivity contribution is -0.383. The van der Waals surface area contributed by atoms with Gasteiger partial charge < -0.3 is 15.3 Å². The molecule has 0 saturated carbocycles. The molecule has 1 atom stereocenters. The number of rotatable bonds is 5. The van der Waals surface area contributed by atoms with Gasteiger partial charge in [-0.2, -0.15) is 0 Å². The molecule has 7 heteroatoms. The molecule has 7 nitrogen and oxygen atoms in total. The van der Waals surface area contributed by atoms with Crippen molar-refractivity contribution in [1.82, 2.24) is 4.90 Å². The van der Waals surface area contributed by atoms with E-state index in [9.17, 15) is 20.0 Å². The number of nitrogens with zero attached hydrogens (tertiary/aromatic N) is 2. The number of hydrogen-bond acceptors (Lipinski definition) is 5. The lowest BCUT2D eigenvalue weighted by atomic mass is 9.96. The van der Waals surface area contributed by atoms with Crippen LogP contribution < -0.4 is 5.32 Å². The molecule has 2 rings (SSSR count). The molecule has 22 heavy (non-hydrogen) atoms. The van der Waals surface area contributed by atoms with Gasteiger partial charge >= 0.3 is 0 Å². The number of carbonyl (C=O) groups is 1. The van der Waals surface area contributed by atoms with E-state index >= 15 is 0 Å². The minimum Gasteiger partial charge on any atom is -0.388 e. The molecule has 0 radical (unpaired) electrons. The Morgan fingerprint density at radius 2 is 2.18 bits per heavy atom. The average molecular weight is 307 g/mol. The molecule has 1 unspecified atom stereocenters. The van der Waals surface area contributed by atoms with E-state index in [1.807, 2.05) is 0 Å². The van der Waals surface area contributed by atoms with Gasteiger partial charge in [0.1, 0.15) is 5.69 Å². The Morgan fingerprint density at radius 1 is 1.50 bits per heavy atom. The zero-order valence-electron chi connectivity index (χ0n) is 12.8. The van der Waals surface area contributed by atoms with Crippen LogP contribution in [0, 0.1) is 10.1 Å². The molecule has 0 spiro atoms. The summed E-state index contributed by atoms with van der Waals surface area (Å²) in [5.41, 5.74) is -0.694. The standard InChI is InChI=1S/C15H21N3O4/c1-15(2,20)13-8-5-9-17(13)14(19)10-16-11-6-3-4-7-12(11)18(21)22/h3-4,6-7,13,16,20H,5,8-10H2,1-2H3. The van der Waals surface area contributed by atoms with Crippen LogP contribution in [-0.2, 0) is 4.79 Å². The van der Waals surface area contributed by atoms with E-state index < -0.39 is 10.5 Å². The number of likely N-dealkylation sites (tertiary alicyclic amines) is 1. The summed E-state index contributed by atoms with van der Waals surface area (Å²) in [4.78, 5) is 24.5. The van der Waals surface area contributed by atoms with Crippen LogP contribution in [0.5, 0.6) is 0 Å². The third-order valence-electron chi connectivity index (χ3n) is 3.92. The molecule has 0 aliphatic carbocycles. The summed E-state index contributed by atoms with van der Waals surface area (Å²) in [5, 5.41) is 23.9. The summed E-state index contributed by atoms with van der Waals surface area (Å²) in [5.74, 6) is -0.164. The van der Waals surface area contributed by atoms with Crippen LogP contribution in [0.3, 0.4) is 0 Å². The van der Waals surface area contributed by atoms with Gasteiger partial charge in [-0.25, -0.2) is 0 Å². The molecule has 1 saturated heterocycles. The average Bonchev–Trinajstić information content (AvgIpc) is 2.94. The van der Waals surface area contributed by atoms with Gasteiger partial charge in [0.15, 0.2) is 0 Å². The second-order valence-corrected chi connectivity index (χ2v) is 6.03. The van der Waals surface area contributed by atoms with Crippen molar-refractivity contribution in [2.45, 2.75) is 38.3 Å². The fourth-order valence-corrected chi connectivity index (χ4v) is 2.85. The lowest BCUT2D eigenvalue weighted by Crippen LogP contribution is -2.49. The van der Waals surface area contributed by atoms with Gasteiger partial charge in [-0.05, 0) is 32.8 Å². The number of aliphatic hydroxyl groups is 1. The Bertz CT molecular complexity index is 568. The topological polar surface area (TPSA) is 95.7 Å². The highest BCUT2D eigenvalue weighted by molar-refractivity contribution is 5.82. The maximum atomic E-state index is 12.3. The second kappa shape index (κ2) is 6.31. The van der Waals surface area contributed by atoms with E-state index in [4.69, 9.17) is 0 Å². The van der Waals surface area contributed by atoms with E-state index in [1.54, 1.807) is 36.9 Å². The zero-order valence-corrected chi connectivity index (χ0v) is 12.8. The van der Waals surface area contributed by atoms with Crippen LogP contribution in [0.15, 0.2) is 24.3 Å². The van der Waals surface area contributed by atoms with Gasteiger partial charge in [-0.1, -0.05) is 12.1 Å². The maximum absolute atomic E-state index is 12.3. The Hall–Kier alpha value is -2.15. The first kappa shape index (κ1) is 16.2. The van der Waals surface area contributed by atoms with E-state index in [1.165, 1.54) is 6.07 Å². The minimum atomic E-state index is -0.953. The van der Waals surface area contributed by atoms with Crippen molar-refractivity contribution in [2.75, 3.05) is 18.4 Å². The first-order valence-corrected chi connectivity index (χ1v) is 7.30. The van der Waals surface area contributed by atoms with Crippen LogP contribution in [0.2, 0.25) is 0 Å². The van der Waals surface area contributed by atoms with Crippen molar-refractivity contribution in [2.24, 2.45) is 0 Å². The Labute approximate surface area is 129 Å². The van der Waals surface area contributed by atoms with E-state index in [0.717, 1.165) is 12.8 Å².